The number of carboxylic acid groups (broad SMARTS) is 1. The fourth-order valence-corrected chi connectivity index (χ4v) is 5.63. The lowest BCUT2D eigenvalue weighted by Gasteiger charge is -2.36. The number of ether oxygens (including phenoxy) is 1. The van der Waals surface area contributed by atoms with Crippen LogP contribution in [-0.4, -0.2) is 41.8 Å². The Bertz CT molecular complexity index is 1090. The molecule has 0 heterocycles. The van der Waals surface area contributed by atoms with Gasteiger partial charge in [0.15, 0.2) is 0 Å². The van der Waals surface area contributed by atoms with Gasteiger partial charge in [0.1, 0.15) is 12.1 Å². The van der Waals surface area contributed by atoms with E-state index in [0.29, 0.717) is 31.7 Å². The van der Waals surface area contributed by atoms with Gasteiger partial charge in [0.05, 0.1) is 0 Å². The fourth-order valence-electron chi connectivity index (χ4n) is 5.63. The Labute approximate surface area is 205 Å². The van der Waals surface area contributed by atoms with E-state index in [9.17, 15) is 19.5 Å². The lowest BCUT2D eigenvalue weighted by Crippen LogP contribution is -2.56. The van der Waals surface area contributed by atoms with Crippen molar-refractivity contribution >= 4 is 18.0 Å². The molecule has 5 rings (SSSR count). The minimum atomic E-state index is -1.16. The van der Waals surface area contributed by atoms with Crippen molar-refractivity contribution in [1.29, 1.82) is 0 Å². The molecule has 0 unspecified atom stereocenters. The van der Waals surface area contributed by atoms with Crippen LogP contribution in [-0.2, 0) is 14.3 Å². The smallest absolute Gasteiger partial charge is 0.407 e. The number of hydrogen-bond donors (Lipinski definition) is 3. The topological polar surface area (TPSA) is 105 Å². The van der Waals surface area contributed by atoms with Crippen LogP contribution in [0.3, 0.4) is 0 Å². The molecule has 7 heteroatoms. The van der Waals surface area contributed by atoms with Crippen LogP contribution >= 0.6 is 0 Å². The molecule has 2 fully saturated rings. The zero-order valence-electron chi connectivity index (χ0n) is 20.0. The van der Waals surface area contributed by atoms with Gasteiger partial charge in [-0.3, -0.25) is 4.79 Å². The summed E-state index contributed by atoms with van der Waals surface area (Å²) < 4.78 is 5.56. The summed E-state index contributed by atoms with van der Waals surface area (Å²) in [5.74, 6) is -0.955. The first-order valence-electron chi connectivity index (χ1n) is 12.5. The Morgan fingerprint density at radius 1 is 1.00 bits per heavy atom. The summed E-state index contributed by atoms with van der Waals surface area (Å²) in [7, 11) is 0. The SMILES string of the molecule is CC1CCC(NC(=O)[C@@H]2C[C@@H]2CNC(=O)OCC2c3ccccc3-c3ccccc32)(C(=O)O)CC1. The van der Waals surface area contributed by atoms with Crippen molar-refractivity contribution < 1.29 is 24.2 Å². The quantitative estimate of drug-likeness (QED) is 0.552. The Balaban J connectivity index is 1.10. The van der Waals surface area contributed by atoms with E-state index in [2.05, 4.69) is 41.8 Å². The normalized spacial score (nSPS) is 26.8. The van der Waals surface area contributed by atoms with Crippen molar-refractivity contribution in [3.8, 4) is 11.1 Å². The van der Waals surface area contributed by atoms with Gasteiger partial charge in [-0.25, -0.2) is 9.59 Å². The molecule has 3 N–H and O–H groups in total. The van der Waals surface area contributed by atoms with E-state index in [-0.39, 0.29) is 30.3 Å². The van der Waals surface area contributed by atoms with Crippen LogP contribution in [0, 0.1) is 17.8 Å². The summed E-state index contributed by atoms with van der Waals surface area (Å²) in [6.07, 6.45) is 2.66. The van der Waals surface area contributed by atoms with Gasteiger partial charge in [-0.2, -0.15) is 0 Å². The largest absolute Gasteiger partial charge is 0.480 e. The second kappa shape index (κ2) is 9.36. The lowest BCUT2D eigenvalue weighted by atomic mass is 9.77. The van der Waals surface area contributed by atoms with Gasteiger partial charge in [-0.15, -0.1) is 0 Å². The van der Waals surface area contributed by atoms with E-state index in [0.717, 1.165) is 24.0 Å². The molecule has 0 aliphatic heterocycles. The van der Waals surface area contributed by atoms with Gasteiger partial charge in [-0.1, -0.05) is 55.5 Å². The number of carboxylic acids is 1. The van der Waals surface area contributed by atoms with Crippen molar-refractivity contribution in [1.82, 2.24) is 10.6 Å². The average molecular weight is 477 g/mol. The molecular weight excluding hydrogens is 444 g/mol. The van der Waals surface area contributed by atoms with Gasteiger partial charge < -0.3 is 20.5 Å². The van der Waals surface area contributed by atoms with E-state index < -0.39 is 17.6 Å². The number of carbonyl (C=O) groups is 3. The maximum Gasteiger partial charge on any atom is 0.407 e. The summed E-state index contributed by atoms with van der Waals surface area (Å²) in [5, 5.41) is 15.4. The summed E-state index contributed by atoms with van der Waals surface area (Å²) in [5.41, 5.74) is 3.51. The maximum absolute atomic E-state index is 12.7. The summed E-state index contributed by atoms with van der Waals surface area (Å²) in [6.45, 7) is 2.69. The second-order valence-corrected chi connectivity index (χ2v) is 10.4. The van der Waals surface area contributed by atoms with Gasteiger partial charge in [-0.05, 0) is 66.2 Å². The number of hydrogen-bond acceptors (Lipinski definition) is 4. The first-order valence-corrected chi connectivity index (χ1v) is 12.5. The fraction of sp³-hybridized carbons (Fsp3) is 0.464. The van der Waals surface area contributed by atoms with Crippen molar-refractivity contribution in [2.24, 2.45) is 17.8 Å². The third kappa shape index (κ3) is 4.64. The summed E-state index contributed by atoms with van der Waals surface area (Å²) >= 11 is 0. The number of aliphatic carboxylic acids is 1. The van der Waals surface area contributed by atoms with Crippen LogP contribution in [0.4, 0.5) is 4.79 Å². The van der Waals surface area contributed by atoms with Crippen LogP contribution in [0.5, 0.6) is 0 Å². The molecule has 0 saturated heterocycles. The van der Waals surface area contributed by atoms with Gasteiger partial charge in [0.2, 0.25) is 5.91 Å². The van der Waals surface area contributed by atoms with Gasteiger partial charge >= 0.3 is 12.1 Å². The van der Waals surface area contributed by atoms with Crippen LogP contribution < -0.4 is 10.6 Å². The van der Waals surface area contributed by atoms with Gasteiger partial charge in [0.25, 0.3) is 0 Å². The predicted molar refractivity (Wildman–Crippen MR) is 131 cm³/mol. The first-order chi connectivity index (χ1) is 16.9. The molecule has 0 radical (unpaired) electrons. The molecule has 3 aliphatic carbocycles. The van der Waals surface area contributed by atoms with E-state index in [4.69, 9.17) is 4.74 Å². The zero-order valence-corrected chi connectivity index (χ0v) is 20.0. The van der Waals surface area contributed by atoms with Crippen molar-refractivity contribution in [2.45, 2.75) is 50.5 Å². The third-order valence-corrected chi connectivity index (χ3v) is 8.01. The molecular formula is C28H32N2O5. The van der Waals surface area contributed by atoms with Crippen LogP contribution in [0.1, 0.15) is 56.1 Å². The molecule has 2 atom stereocenters. The molecule has 2 aromatic rings. The number of amides is 2. The molecule has 0 spiro atoms. The van der Waals surface area contributed by atoms with E-state index >= 15 is 0 Å². The van der Waals surface area contributed by atoms with Crippen molar-refractivity contribution in [2.75, 3.05) is 13.2 Å². The highest BCUT2D eigenvalue weighted by atomic mass is 16.5. The van der Waals surface area contributed by atoms with Crippen LogP contribution in [0.15, 0.2) is 48.5 Å². The minimum Gasteiger partial charge on any atom is -0.480 e. The number of carbonyl (C=O) groups excluding carboxylic acids is 2. The Hall–Kier alpha value is -3.35. The highest BCUT2D eigenvalue weighted by Gasteiger charge is 2.48. The Kier molecular flexibility index (Phi) is 6.26. The van der Waals surface area contributed by atoms with Crippen molar-refractivity contribution in [3.63, 3.8) is 0 Å². The van der Waals surface area contributed by atoms with E-state index in [1.165, 1.54) is 11.1 Å². The molecule has 2 amide bonds. The predicted octanol–water partition coefficient (Wildman–Crippen LogP) is 4.31. The van der Waals surface area contributed by atoms with Gasteiger partial charge in [0, 0.05) is 18.4 Å². The number of alkyl carbamates (subject to hydrolysis) is 1. The maximum atomic E-state index is 12.7. The first kappa shape index (κ1) is 23.4. The number of nitrogens with one attached hydrogen (secondary N) is 2. The minimum absolute atomic E-state index is 0.00183. The number of fused-ring (bicyclic) bond motifs is 3. The summed E-state index contributed by atoms with van der Waals surface area (Å²) in [4.78, 5) is 37.0. The standard InChI is InChI=1S/C28H32N2O5/c1-17-10-12-28(13-11-17,26(32)33)30-25(31)23-14-18(23)15-29-27(34)35-16-24-21-8-4-2-6-19(21)20-7-3-5-9-22(20)24/h2-9,17-18,23-24H,10-16H2,1H3,(H,29,34)(H,30,31)(H,32,33)/t17?,18-,23-,28?/m1/s1. The van der Waals surface area contributed by atoms with Crippen molar-refractivity contribution in [3.05, 3.63) is 59.7 Å². The van der Waals surface area contributed by atoms with Crippen LogP contribution in [0.25, 0.3) is 11.1 Å². The number of benzene rings is 2. The second-order valence-electron chi connectivity index (χ2n) is 10.4. The third-order valence-electron chi connectivity index (χ3n) is 8.01. The molecule has 7 nitrogen and oxygen atoms in total. The monoisotopic (exact) mass is 476 g/mol. The molecule has 0 aromatic heterocycles. The average Bonchev–Trinajstić information content (AvgIpc) is 3.58. The Morgan fingerprint density at radius 3 is 2.20 bits per heavy atom. The molecule has 35 heavy (non-hydrogen) atoms. The van der Waals surface area contributed by atoms with E-state index in [1.54, 1.807) is 0 Å². The van der Waals surface area contributed by atoms with E-state index in [1.807, 2.05) is 24.3 Å². The Morgan fingerprint density at radius 2 is 1.60 bits per heavy atom. The highest BCUT2D eigenvalue weighted by molar-refractivity contribution is 5.89. The van der Waals surface area contributed by atoms with Crippen LogP contribution in [0.2, 0.25) is 0 Å². The number of rotatable bonds is 7. The molecule has 3 aliphatic rings. The molecule has 0 bridgehead atoms. The molecule has 184 valence electrons. The molecule has 2 aromatic carbocycles. The zero-order chi connectivity index (χ0) is 24.6. The molecule has 2 saturated carbocycles. The summed E-state index contributed by atoms with van der Waals surface area (Å²) in [6, 6.07) is 16.4. The lowest BCUT2D eigenvalue weighted by molar-refractivity contribution is -0.150. The highest BCUT2D eigenvalue weighted by Crippen LogP contribution is 2.44.